The highest BCUT2D eigenvalue weighted by atomic mass is 15.3. The third-order valence-electron chi connectivity index (χ3n) is 2.38. The molecule has 0 amide bonds. The molecule has 1 aromatic rings. The van der Waals surface area contributed by atoms with Gasteiger partial charge in [0, 0.05) is 18.6 Å². The molecule has 3 heteroatoms. The van der Waals surface area contributed by atoms with Crippen molar-refractivity contribution in [3.8, 4) is 0 Å². The Morgan fingerprint density at radius 2 is 2.00 bits per heavy atom. The summed E-state index contributed by atoms with van der Waals surface area (Å²) >= 11 is 0. The zero-order chi connectivity index (χ0) is 11.5. The lowest BCUT2D eigenvalue weighted by atomic mass is 10.1. The van der Waals surface area contributed by atoms with Crippen LogP contribution in [-0.4, -0.2) is 15.3 Å². The van der Waals surface area contributed by atoms with E-state index in [0.717, 1.165) is 19.5 Å². The molecule has 0 aliphatic carbocycles. The van der Waals surface area contributed by atoms with Crippen LogP contribution in [0.5, 0.6) is 0 Å². The smallest absolute Gasteiger partial charge is 0.0625 e. The van der Waals surface area contributed by atoms with Gasteiger partial charge >= 0.3 is 0 Å². The SMILES string of the molecule is CCc1cc(CNC(C)(C)C)n(CC)n1. The van der Waals surface area contributed by atoms with Crippen LogP contribution in [0.3, 0.4) is 0 Å². The Labute approximate surface area is 92.9 Å². The van der Waals surface area contributed by atoms with Gasteiger partial charge < -0.3 is 5.32 Å². The zero-order valence-electron chi connectivity index (χ0n) is 10.6. The maximum atomic E-state index is 4.52. The summed E-state index contributed by atoms with van der Waals surface area (Å²) in [7, 11) is 0. The summed E-state index contributed by atoms with van der Waals surface area (Å²) in [4.78, 5) is 0. The molecule has 0 aliphatic heterocycles. The van der Waals surface area contributed by atoms with E-state index in [4.69, 9.17) is 0 Å². The van der Waals surface area contributed by atoms with Gasteiger partial charge in [0.25, 0.3) is 0 Å². The Balaban J connectivity index is 2.71. The van der Waals surface area contributed by atoms with Gasteiger partial charge in [-0.1, -0.05) is 6.92 Å². The second-order valence-corrected chi connectivity index (χ2v) is 4.90. The van der Waals surface area contributed by atoms with E-state index in [-0.39, 0.29) is 5.54 Å². The standard InChI is InChI=1S/C12H23N3/c1-6-10-8-11(15(7-2)14-10)9-13-12(3,4)5/h8,13H,6-7,9H2,1-5H3. The number of aryl methyl sites for hydroxylation is 2. The van der Waals surface area contributed by atoms with Crippen molar-refractivity contribution in [2.45, 2.75) is 59.7 Å². The fourth-order valence-corrected chi connectivity index (χ4v) is 1.46. The molecular formula is C12H23N3. The van der Waals surface area contributed by atoms with Gasteiger partial charge in [-0.3, -0.25) is 4.68 Å². The van der Waals surface area contributed by atoms with Gasteiger partial charge in [0.05, 0.1) is 11.4 Å². The molecule has 0 unspecified atom stereocenters. The molecule has 0 spiro atoms. The molecular weight excluding hydrogens is 186 g/mol. The van der Waals surface area contributed by atoms with Crippen molar-refractivity contribution < 1.29 is 0 Å². The predicted octanol–water partition coefficient (Wildman–Crippen LogP) is 2.35. The third-order valence-corrected chi connectivity index (χ3v) is 2.38. The molecule has 0 bridgehead atoms. The minimum atomic E-state index is 0.162. The van der Waals surface area contributed by atoms with E-state index in [0.29, 0.717) is 0 Å². The van der Waals surface area contributed by atoms with E-state index < -0.39 is 0 Å². The highest BCUT2D eigenvalue weighted by Gasteiger charge is 2.11. The molecule has 1 aromatic heterocycles. The van der Waals surface area contributed by atoms with Crippen LogP contribution in [0.1, 0.15) is 46.0 Å². The van der Waals surface area contributed by atoms with Crippen molar-refractivity contribution in [1.29, 1.82) is 0 Å². The van der Waals surface area contributed by atoms with Crippen molar-refractivity contribution in [3.05, 3.63) is 17.5 Å². The lowest BCUT2D eigenvalue weighted by Crippen LogP contribution is -2.35. The summed E-state index contributed by atoms with van der Waals surface area (Å²) in [5.74, 6) is 0. The maximum absolute atomic E-state index is 4.52. The zero-order valence-corrected chi connectivity index (χ0v) is 10.6. The Hall–Kier alpha value is -0.830. The van der Waals surface area contributed by atoms with Crippen LogP contribution in [0.15, 0.2) is 6.07 Å². The minimum Gasteiger partial charge on any atom is -0.306 e. The highest BCUT2D eigenvalue weighted by Crippen LogP contribution is 2.07. The first-order chi connectivity index (χ1) is 6.96. The number of aromatic nitrogens is 2. The fraction of sp³-hybridized carbons (Fsp3) is 0.750. The monoisotopic (exact) mass is 209 g/mol. The summed E-state index contributed by atoms with van der Waals surface area (Å²) in [5, 5.41) is 8.01. The van der Waals surface area contributed by atoms with E-state index in [1.54, 1.807) is 0 Å². The highest BCUT2D eigenvalue weighted by molar-refractivity contribution is 5.10. The second-order valence-electron chi connectivity index (χ2n) is 4.90. The predicted molar refractivity (Wildman–Crippen MR) is 63.9 cm³/mol. The lowest BCUT2D eigenvalue weighted by Gasteiger charge is -2.20. The number of rotatable bonds is 4. The molecule has 3 nitrogen and oxygen atoms in total. The van der Waals surface area contributed by atoms with Gasteiger partial charge in [-0.05, 0) is 40.2 Å². The van der Waals surface area contributed by atoms with Gasteiger partial charge in [-0.25, -0.2) is 0 Å². The Bertz CT molecular complexity index is 307. The minimum absolute atomic E-state index is 0.162. The maximum Gasteiger partial charge on any atom is 0.0625 e. The van der Waals surface area contributed by atoms with Crippen LogP contribution in [0.4, 0.5) is 0 Å². The van der Waals surface area contributed by atoms with Gasteiger partial charge in [-0.2, -0.15) is 5.10 Å². The summed E-state index contributed by atoms with van der Waals surface area (Å²) in [6.45, 7) is 12.7. The normalized spacial score (nSPS) is 12.1. The molecule has 86 valence electrons. The topological polar surface area (TPSA) is 29.9 Å². The number of hydrogen-bond donors (Lipinski definition) is 1. The average molecular weight is 209 g/mol. The number of hydrogen-bond acceptors (Lipinski definition) is 2. The molecule has 0 fully saturated rings. The van der Waals surface area contributed by atoms with E-state index in [1.165, 1.54) is 11.4 Å². The van der Waals surface area contributed by atoms with Crippen LogP contribution < -0.4 is 5.32 Å². The van der Waals surface area contributed by atoms with Crippen molar-refractivity contribution in [2.75, 3.05) is 0 Å². The molecule has 0 saturated heterocycles. The summed E-state index contributed by atoms with van der Waals surface area (Å²) in [5.41, 5.74) is 2.63. The largest absolute Gasteiger partial charge is 0.306 e. The molecule has 15 heavy (non-hydrogen) atoms. The Morgan fingerprint density at radius 1 is 1.33 bits per heavy atom. The quantitative estimate of drug-likeness (QED) is 0.825. The van der Waals surface area contributed by atoms with Gasteiger partial charge in [0.2, 0.25) is 0 Å². The van der Waals surface area contributed by atoms with E-state index in [1.807, 2.05) is 0 Å². The molecule has 1 rings (SSSR count). The number of nitrogens with zero attached hydrogens (tertiary/aromatic N) is 2. The first kappa shape index (κ1) is 12.2. The third kappa shape index (κ3) is 3.67. The van der Waals surface area contributed by atoms with Crippen LogP contribution in [0.2, 0.25) is 0 Å². The van der Waals surface area contributed by atoms with Crippen molar-refractivity contribution >= 4 is 0 Å². The van der Waals surface area contributed by atoms with Crippen molar-refractivity contribution in [2.24, 2.45) is 0 Å². The van der Waals surface area contributed by atoms with Gasteiger partial charge in [0.15, 0.2) is 0 Å². The Morgan fingerprint density at radius 3 is 2.47 bits per heavy atom. The molecule has 1 N–H and O–H groups in total. The number of nitrogens with one attached hydrogen (secondary N) is 1. The van der Waals surface area contributed by atoms with E-state index in [9.17, 15) is 0 Å². The summed E-state index contributed by atoms with van der Waals surface area (Å²) in [6, 6.07) is 2.20. The van der Waals surface area contributed by atoms with Crippen LogP contribution in [-0.2, 0) is 19.5 Å². The molecule has 0 aromatic carbocycles. The van der Waals surface area contributed by atoms with Gasteiger partial charge in [0.1, 0.15) is 0 Å². The van der Waals surface area contributed by atoms with Crippen molar-refractivity contribution in [3.63, 3.8) is 0 Å². The second kappa shape index (κ2) is 4.79. The van der Waals surface area contributed by atoms with E-state index >= 15 is 0 Å². The van der Waals surface area contributed by atoms with Crippen molar-refractivity contribution in [1.82, 2.24) is 15.1 Å². The van der Waals surface area contributed by atoms with Crippen LogP contribution in [0, 0.1) is 0 Å². The average Bonchev–Trinajstić information content (AvgIpc) is 2.56. The lowest BCUT2D eigenvalue weighted by molar-refractivity contribution is 0.413. The Kier molecular flexibility index (Phi) is 3.91. The molecule has 0 radical (unpaired) electrons. The molecule has 1 heterocycles. The molecule has 0 aliphatic rings. The first-order valence-electron chi connectivity index (χ1n) is 5.77. The fourth-order valence-electron chi connectivity index (χ4n) is 1.46. The first-order valence-corrected chi connectivity index (χ1v) is 5.77. The summed E-state index contributed by atoms with van der Waals surface area (Å²) in [6.07, 6.45) is 1.01. The van der Waals surface area contributed by atoms with E-state index in [2.05, 4.69) is 55.8 Å². The van der Waals surface area contributed by atoms with Gasteiger partial charge in [-0.15, -0.1) is 0 Å². The van der Waals surface area contributed by atoms with Crippen LogP contribution in [0.25, 0.3) is 0 Å². The molecule has 0 atom stereocenters. The molecule has 0 saturated carbocycles. The summed E-state index contributed by atoms with van der Waals surface area (Å²) < 4.78 is 2.08. The van der Waals surface area contributed by atoms with Crippen LogP contribution >= 0.6 is 0 Å².